The fraction of sp³-hybridized carbons (Fsp3) is 0.719. The summed E-state index contributed by atoms with van der Waals surface area (Å²) < 4.78 is 0. The van der Waals surface area contributed by atoms with Gasteiger partial charge in [-0.3, -0.25) is 0 Å². The van der Waals surface area contributed by atoms with Gasteiger partial charge in [-0.2, -0.15) is 5.10 Å². The summed E-state index contributed by atoms with van der Waals surface area (Å²) in [4.78, 5) is 0. The van der Waals surface area contributed by atoms with E-state index in [0.717, 1.165) is 41.1 Å². The largest absolute Gasteiger partial charge is 0.321 e. The Hall–Kier alpha value is -1.81. The highest BCUT2D eigenvalue weighted by molar-refractivity contribution is 5.98. The second kappa shape index (κ2) is 10.5. The number of nitrogens with one attached hydrogen (secondary N) is 1. The van der Waals surface area contributed by atoms with E-state index in [0.29, 0.717) is 16.7 Å². The second-order valence-corrected chi connectivity index (χ2v) is 13.2. The van der Waals surface area contributed by atoms with E-state index in [9.17, 15) is 0 Å². The molecule has 0 spiro atoms. The predicted octanol–water partition coefficient (Wildman–Crippen LogP) is 7.25. The van der Waals surface area contributed by atoms with Crippen molar-refractivity contribution in [3.8, 4) is 0 Å². The summed E-state index contributed by atoms with van der Waals surface area (Å²) in [5.41, 5.74) is 5.86. The molecule has 198 valence electrons. The van der Waals surface area contributed by atoms with Gasteiger partial charge >= 0.3 is 0 Å². The first-order chi connectivity index (χ1) is 17.4. The van der Waals surface area contributed by atoms with Gasteiger partial charge in [0.15, 0.2) is 5.84 Å². The van der Waals surface area contributed by atoms with Crippen LogP contribution in [0, 0.1) is 46.3 Å². The van der Waals surface area contributed by atoms with Crippen molar-refractivity contribution in [1.29, 1.82) is 0 Å². The van der Waals surface area contributed by atoms with Crippen molar-refractivity contribution in [2.24, 2.45) is 63.1 Å². The van der Waals surface area contributed by atoms with Crippen molar-refractivity contribution >= 4 is 11.9 Å². The highest BCUT2D eigenvalue weighted by Crippen LogP contribution is 2.69. The molecule has 0 aliphatic heterocycles. The Morgan fingerprint density at radius 2 is 1.78 bits per heavy atom. The van der Waals surface area contributed by atoms with Crippen LogP contribution in [0.2, 0.25) is 0 Å². The Morgan fingerprint density at radius 3 is 2.50 bits per heavy atom. The smallest absolute Gasteiger partial charge is 0.166 e. The molecule has 5 N–H and O–H groups in total. The molecule has 4 aliphatic carbocycles. The Bertz CT molecular complexity index is 951. The van der Waals surface area contributed by atoms with E-state index >= 15 is 0 Å². The van der Waals surface area contributed by atoms with Crippen LogP contribution in [0.4, 0.5) is 0 Å². The number of fused-ring (bicyclic) bond motifs is 5. The molecule has 4 fully saturated rings. The molecular weight excluding hydrogens is 440 g/mol. The number of hydrazine groups is 1. The average molecular weight is 491 g/mol. The zero-order chi connectivity index (χ0) is 25.3. The molecule has 0 bridgehead atoms. The van der Waals surface area contributed by atoms with E-state index in [1.807, 2.05) is 12.1 Å². The first-order valence-electron chi connectivity index (χ1n) is 15.0. The number of hydrazone groups is 1. The van der Waals surface area contributed by atoms with Gasteiger partial charge in [-0.25, -0.2) is 5.84 Å². The van der Waals surface area contributed by atoms with Crippen LogP contribution in [0.1, 0.15) is 109 Å². The Kier molecular flexibility index (Phi) is 7.54. The summed E-state index contributed by atoms with van der Waals surface area (Å²) in [7, 11) is 0. The third-order valence-corrected chi connectivity index (χ3v) is 11.9. The van der Waals surface area contributed by atoms with Crippen molar-refractivity contribution in [3.05, 3.63) is 41.5 Å². The van der Waals surface area contributed by atoms with E-state index in [2.05, 4.69) is 55.6 Å². The standard InChI is InChI=1S/C32H50N4/c1-4-23-21-26-28-17-16-25(10-6-5-9-22-12-14-24(15-13-22)30(35-33)36-34)31(28,2)20-18-29(26)32(3)19-8-7-11-27(23)32/h5,9,12-15,23,25-29H,4,6-8,10-11,16-21,33-34H2,1-3H3,(H,35,36)/b9-5+/t23-,25?,26?,27?,28?,29-,31?,32?/m0/s1. The van der Waals surface area contributed by atoms with Gasteiger partial charge in [-0.05, 0) is 110 Å². The lowest BCUT2D eigenvalue weighted by atomic mass is 9.42. The van der Waals surface area contributed by atoms with Crippen LogP contribution in [-0.4, -0.2) is 5.84 Å². The molecular formula is C32H50N4. The minimum Gasteiger partial charge on any atom is -0.321 e. The van der Waals surface area contributed by atoms with E-state index in [-0.39, 0.29) is 0 Å². The molecule has 8 atom stereocenters. The first-order valence-corrected chi connectivity index (χ1v) is 15.0. The maximum atomic E-state index is 5.48. The number of hydrogen-bond acceptors (Lipinski definition) is 3. The van der Waals surface area contributed by atoms with Crippen molar-refractivity contribution in [1.82, 2.24) is 5.43 Å². The van der Waals surface area contributed by atoms with Crippen LogP contribution in [0.3, 0.4) is 0 Å². The second-order valence-electron chi connectivity index (χ2n) is 13.2. The molecule has 0 saturated heterocycles. The molecule has 4 aliphatic rings. The summed E-state index contributed by atoms with van der Waals surface area (Å²) in [6, 6.07) is 8.23. The van der Waals surface area contributed by atoms with Gasteiger partial charge in [-0.15, -0.1) is 0 Å². The average Bonchev–Trinajstić information content (AvgIpc) is 3.23. The van der Waals surface area contributed by atoms with Gasteiger partial charge in [0.1, 0.15) is 0 Å². The minimum atomic E-state index is 0.500. The van der Waals surface area contributed by atoms with Crippen LogP contribution >= 0.6 is 0 Å². The number of benzene rings is 1. The number of nitrogens with zero attached hydrogens (tertiary/aromatic N) is 1. The van der Waals surface area contributed by atoms with Crippen LogP contribution in [0.15, 0.2) is 35.4 Å². The summed E-state index contributed by atoms with van der Waals surface area (Å²) in [6.07, 6.45) is 22.1. The summed E-state index contributed by atoms with van der Waals surface area (Å²) in [5.74, 6) is 17.2. The lowest BCUT2D eigenvalue weighted by Crippen LogP contribution is -2.55. The summed E-state index contributed by atoms with van der Waals surface area (Å²) >= 11 is 0. The number of rotatable bonds is 6. The minimum absolute atomic E-state index is 0.500. The number of amidine groups is 1. The third kappa shape index (κ3) is 4.42. The monoisotopic (exact) mass is 490 g/mol. The third-order valence-electron chi connectivity index (χ3n) is 11.9. The summed E-state index contributed by atoms with van der Waals surface area (Å²) in [6.45, 7) is 7.92. The van der Waals surface area contributed by atoms with Crippen molar-refractivity contribution in [2.75, 3.05) is 0 Å². The molecule has 6 unspecified atom stereocenters. The lowest BCUT2D eigenvalue weighted by Gasteiger charge is -2.62. The highest BCUT2D eigenvalue weighted by atomic mass is 15.3. The molecule has 1 aromatic rings. The Labute approximate surface area is 219 Å². The van der Waals surface area contributed by atoms with E-state index in [1.165, 1.54) is 76.2 Å². The van der Waals surface area contributed by atoms with E-state index in [1.54, 1.807) is 6.42 Å². The topological polar surface area (TPSA) is 76.4 Å². The van der Waals surface area contributed by atoms with Gasteiger partial charge in [-0.1, -0.05) is 76.5 Å². The van der Waals surface area contributed by atoms with Gasteiger partial charge < -0.3 is 11.3 Å². The highest BCUT2D eigenvalue weighted by Gasteiger charge is 2.60. The maximum Gasteiger partial charge on any atom is 0.166 e. The van der Waals surface area contributed by atoms with Gasteiger partial charge in [0, 0.05) is 5.56 Å². The molecule has 4 saturated carbocycles. The Balaban J connectivity index is 1.22. The fourth-order valence-corrected chi connectivity index (χ4v) is 10.1. The van der Waals surface area contributed by atoms with Crippen molar-refractivity contribution < 1.29 is 0 Å². The zero-order valence-electron chi connectivity index (χ0n) is 23.0. The maximum absolute atomic E-state index is 5.48. The first kappa shape index (κ1) is 25.8. The van der Waals surface area contributed by atoms with Gasteiger partial charge in [0.25, 0.3) is 0 Å². The van der Waals surface area contributed by atoms with Crippen LogP contribution < -0.4 is 17.1 Å². The molecule has 0 aromatic heterocycles. The summed E-state index contributed by atoms with van der Waals surface area (Å²) in [5, 5.41) is 3.69. The van der Waals surface area contributed by atoms with Crippen LogP contribution in [-0.2, 0) is 0 Å². The molecule has 36 heavy (non-hydrogen) atoms. The molecule has 4 heteroatoms. The van der Waals surface area contributed by atoms with Crippen molar-refractivity contribution in [3.63, 3.8) is 0 Å². The predicted molar refractivity (Wildman–Crippen MR) is 152 cm³/mol. The quantitative estimate of drug-likeness (QED) is 0.170. The molecule has 0 amide bonds. The van der Waals surface area contributed by atoms with Crippen molar-refractivity contribution in [2.45, 2.75) is 97.8 Å². The van der Waals surface area contributed by atoms with Crippen LogP contribution in [0.5, 0.6) is 0 Å². The number of nitrogens with two attached hydrogens (primary N) is 2. The Morgan fingerprint density at radius 1 is 1.00 bits per heavy atom. The number of hydrogen-bond donors (Lipinski definition) is 3. The zero-order valence-corrected chi connectivity index (χ0v) is 23.0. The lowest BCUT2D eigenvalue weighted by molar-refractivity contribution is -0.135. The normalized spacial score (nSPS) is 40.5. The molecule has 1 aromatic carbocycles. The SMILES string of the molecule is CC[C@H]1CC2C3CCC(CC/C=C/c4ccc(/C(=N/N)NN)cc4)C3(C)CC[C@@H]2C2(C)CCCCC12. The van der Waals surface area contributed by atoms with Gasteiger partial charge in [0.05, 0.1) is 0 Å². The molecule has 4 nitrogen and oxygen atoms in total. The number of allylic oxidation sites excluding steroid dienone is 1. The molecule has 5 rings (SSSR count). The van der Waals surface area contributed by atoms with E-state index < -0.39 is 0 Å². The molecule has 0 radical (unpaired) electrons. The van der Waals surface area contributed by atoms with Gasteiger partial charge in [0.2, 0.25) is 0 Å². The van der Waals surface area contributed by atoms with E-state index in [4.69, 9.17) is 11.7 Å². The van der Waals surface area contributed by atoms with Crippen LogP contribution in [0.25, 0.3) is 6.08 Å². The molecule has 0 heterocycles. The fourth-order valence-electron chi connectivity index (χ4n) is 10.1.